The zero-order chi connectivity index (χ0) is 23.7. The van der Waals surface area contributed by atoms with Crippen LogP contribution in [0.2, 0.25) is 5.02 Å². The van der Waals surface area contributed by atoms with E-state index in [4.69, 9.17) is 16.3 Å². The molecule has 0 radical (unpaired) electrons. The average molecular weight is 495 g/mol. The number of hydrogen-bond acceptors (Lipinski definition) is 5. The van der Waals surface area contributed by atoms with Crippen LogP contribution in [0.1, 0.15) is 28.8 Å². The molecule has 2 aromatic carbocycles. The summed E-state index contributed by atoms with van der Waals surface area (Å²) in [6, 6.07) is 6.48. The third-order valence-electron chi connectivity index (χ3n) is 4.88. The van der Waals surface area contributed by atoms with Crippen molar-refractivity contribution in [2.45, 2.75) is 25.1 Å². The summed E-state index contributed by atoms with van der Waals surface area (Å²) in [5, 5.41) is -0.0934. The van der Waals surface area contributed by atoms with Crippen LogP contribution in [0.15, 0.2) is 36.4 Å². The van der Waals surface area contributed by atoms with Gasteiger partial charge in [0.2, 0.25) is 10.0 Å². The summed E-state index contributed by atoms with van der Waals surface area (Å²) in [6.45, 7) is 0.696. The van der Waals surface area contributed by atoms with E-state index < -0.39 is 39.1 Å². The fourth-order valence-corrected chi connectivity index (χ4v) is 4.08. The smallest absolute Gasteiger partial charge is 0.416 e. The maximum Gasteiger partial charge on any atom is 0.416 e. The second-order valence-corrected chi connectivity index (χ2v) is 9.47. The highest BCUT2D eigenvalue weighted by molar-refractivity contribution is 7.89. The minimum atomic E-state index is -4.42. The van der Waals surface area contributed by atoms with Crippen LogP contribution in [0.4, 0.5) is 23.2 Å². The van der Waals surface area contributed by atoms with E-state index in [-0.39, 0.29) is 23.4 Å². The van der Waals surface area contributed by atoms with Crippen molar-refractivity contribution in [1.82, 2.24) is 4.72 Å². The molecule has 0 spiro atoms. The van der Waals surface area contributed by atoms with Crippen molar-refractivity contribution in [3.63, 3.8) is 0 Å². The van der Waals surface area contributed by atoms with Crippen molar-refractivity contribution >= 4 is 33.2 Å². The van der Waals surface area contributed by atoms with E-state index in [1.807, 2.05) is 4.90 Å². The number of rotatable bonds is 6. The topological polar surface area (TPSA) is 75.7 Å². The fraction of sp³-hybridized carbons (Fsp3) is 0.350. The lowest BCUT2D eigenvalue weighted by atomic mass is 10.1. The molecule has 1 atom stereocenters. The molecule has 32 heavy (non-hydrogen) atoms. The van der Waals surface area contributed by atoms with Gasteiger partial charge in [-0.1, -0.05) is 11.6 Å². The Labute approximate surface area is 187 Å². The number of alkyl halides is 3. The van der Waals surface area contributed by atoms with Crippen LogP contribution >= 0.6 is 11.6 Å². The van der Waals surface area contributed by atoms with Crippen LogP contribution in [-0.2, 0) is 16.2 Å². The molecule has 1 amide bonds. The Bertz CT molecular complexity index is 1110. The Kier molecular flexibility index (Phi) is 6.89. The third-order valence-corrected chi connectivity index (χ3v) is 5.73. The first kappa shape index (κ1) is 24.1. The molecule has 6 nitrogen and oxygen atoms in total. The molecule has 174 valence electrons. The van der Waals surface area contributed by atoms with E-state index in [9.17, 15) is 30.8 Å². The summed E-state index contributed by atoms with van der Waals surface area (Å²) < 4.78 is 82.3. The van der Waals surface area contributed by atoms with Crippen LogP contribution in [0, 0.1) is 5.82 Å². The van der Waals surface area contributed by atoms with Gasteiger partial charge in [0.15, 0.2) is 0 Å². The second-order valence-electron chi connectivity index (χ2n) is 7.31. The zero-order valence-electron chi connectivity index (χ0n) is 16.7. The minimum Gasteiger partial charge on any atom is -0.490 e. The van der Waals surface area contributed by atoms with E-state index >= 15 is 0 Å². The Hall–Kier alpha value is -2.53. The largest absolute Gasteiger partial charge is 0.490 e. The van der Waals surface area contributed by atoms with Gasteiger partial charge in [-0.05, 0) is 43.2 Å². The lowest BCUT2D eigenvalue weighted by Crippen LogP contribution is -2.34. The highest BCUT2D eigenvalue weighted by Gasteiger charge is 2.31. The summed E-state index contributed by atoms with van der Waals surface area (Å²) in [5.41, 5.74) is -0.690. The highest BCUT2D eigenvalue weighted by Crippen LogP contribution is 2.33. The standard InChI is InChI=1S/C20H19ClF4N2O4S/c1-32(29,30)26-19(28)15-9-16(21)18(10-17(15)22)31-11-14-3-2-8-27(14)13-6-4-12(5-7-13)20(23,24)25/h4-7,9-10,14H,2-3,8,11H2,1H3,(H,26,28)/t14-/m1/s1. The predicted molar refractivity (Wildman–Crippen MR) is 111 cm³/mol. The summed E-state index contributed by atoms with van der Waals surface area (Å²) in [6.07, 6.45) is -2.17. The number of benzene rings is 2. The molecule has 3 rings (SSSR count). The number of sulfonamides is 1. The molecular formula is C20H19ClF4N2O4S. The zero-order valence-corrected chi connectivity index (χ0v) is 18.3. The van der Waals surface area contributed by atoms with Gasteiger partial charge in [-0.3, -0.25) is 4.79 Å². The maximum atomic E-state index is 14.3. The molecule has 1 aliphatic heterocycles. The molecule has 1 saturated heterocycles. The van der Waals surface area contributed by atoms with Gasteiger partial charge in [-0.25, -0.2) is 17.5 Å². The van der Waals surface area contributed by atoms with Crippen molar-refractivity contribution in [3.05, 3.63) is 58.4 Å². The first-order valence-electron chi connectivity index (χ1n) is 9.43. The molecule has 1 aliphatic rings. The number of carbonyl (C=O) groups excluding carboxylic acids is 1. The fourth-order valence-electron chi connectivity index (χ4n) is 3.41. The number of ether oxygens (including phenoxy) is 1. The van der Waals surface area contributed by atoms with Gasteiger partial charge in [0.05, 0.1) is 28.4 Å². The van der Waals surface area contributed by atoms with Crippen LogP contribution in [-0.4, -0.2) is 39.8 Å². The highest BCUT2D eigenvalue weighted by atomic mass is 35.5. The number of anilines is 1. The lowest BCUT2D eigenvalue weighted by Gasteiger charge is -2.27. The van der Waals surface area contributed by atoms with Gasteiger partial charge in [0, 0.05) is 18.3 Å². The predicted octanol–water partition coefficient (Wildman–Crippen LogP) is 4.24. The second kappa shape index (κ2) is 9.14. The Morgan fingerprint density at radius 1 is 1.25 bits per heavy atom. The number of hydrogen-bond donors (Lipinski definition) is 1. The van der Waals surface area contributed by atoms with Crippen LogP contribution in [0.3, 0.4) is 0 Å². The van der Waals surface area contributed by atoms with E-state index in [0.717, 1.165) is 36.9 Å². The summed E-state index contributed by atoms with van der Waals surface area (Å²) >= 11 is 6.07. The third kappa shape index (κ3) is 5.83. The molecule has 1 N–H and O–H groups in total. The van der Waals surface area contributed by atoms with Crippen molar-refractivity contribution in [3.8, 4) is 5.75 Å². The van der Waals surface area contributed by atoms with Crippen molar-refractivity contribution in [1.29, 1.82) is 0 Å². The van der Waals surface area contributed by atoms with Crippen molar-refractivity contribution < 1.29 is 35.5 Å². The number of amides is 1. The molecule has 0 aliphatic carbocycles. The normalized spacial score (nSPS) is 16.8. The number of halogens is 5. The van der Waals surface area contributed by atoms with Gasteiger partial charge in [-0.2, -0.15) is 13.2 Å². The molecule has 0 saturated carbocycles. The SMILES string of the molecule is CS(=O)(=O)NC(=O)c1cc(Cl)c(OC[C@H]2CCCN2c2ccc(C(F)(F)F)cc2)cc1F. The van der Waals surface area contributed by atoms with E-state index in [2.05, 4.69) is 0 Å². The Morgan fingerprint density at radius 3 is 2.50 bits per heavy atom. The van der Waals surface area contributed by atoms with Gasteiger partial charge >= 0.3 is 6.18 Å². The van der Waals surface area contributed by atoms with E-state index in [1.165, 1.54) is 12.1 Å². The van der Waals surface area contributed by atoms with Gasteiger partial charge in [0.1, 0.15) is 18.2 Å². The van der Waals surface area contributed by atoms with Crippen LogP contribution in [0.25, 0.3) is 0 Å². The van der Waals surface area contributed by atoms with E-state index in [1.54, 1.807) is 4.72 Å². The molecule has 0 bridgehead atoms. The maximum absolute atomic E-state index is 14.3. The number of carbonyl (C=O) groups is 1. The summed E-state index contributed by atoms with van der Waals surface area (Å²) in [7, 11) is -3.88. The monoisotopic (exact) mass is 494 g/mol. The van der Waals surface area contributed by atoms with Gasteiger partial charge in [-0.15, -0.1) is 0 Å². The van der Waals surface area contributed by atoms with Crippen molar-refractivity contribution in [2.75, 3.05) is 24.3 Å². The van der Waals surface area contributed by atoms with E-state index in [0.29, 0.717) is 18.7 Å². The lowest BCUT2D eigenvalue weighted by molar-refractivity contribution is -0.137. The summed E-state index contributed by atoms with van der Waals surface area (Å²) in [4.78, 5) is 13.8. The van der Waals surface area contributed by atoms with Gasteiger partial charge in [0.25, 0.3) is 5.91 Å². The molecule has 0 unspecified atom stereocenters. The average Bonchev–Trinajstić information content (AvgIpc) is 3.15. The Balaban J connectivity index is 1.70. The number of nitrogens with zero attached hydrogens (tertiary/aromatic N) is 1. The van der Waals surface area contributed by atoms with Crippen LogP contribution in [0.5, 0.6) is 5.75 Å². The molecule has 12 heteroatoms. The molecule has 2 aromatic rings. The minimum absolute atomic E-state index is 0.0423. The summed E-state index contributed by atoms with van der Waals surface area (Å²) in [5.74, 6) is -2.22. The van der Waals surface area contributed by atoms with Crippen molar-refractivity contribution in [2.24, 2.45) is 0 Å². The first-order chi connectivity index (χ1) is 14.8. The Morgan fingerprint density at radius 2 is 1.91 bits per heavy atom. The molecular weight excluding hydrogens is 476 g/mol. The molecule has 0 aromatic heterocycles. The number of nitrogens with one attached hydrogen (secondary N) is 1. The van der Waals surface area contributed by atoms with Gasteiger partial charge < -0.3 is 9.64 Å². The first-order valence-corrected chi connectivity index (χ1v) is 11.7. The quantitative estimate of drug-likeness (QED) is 0.608. The van der Waals surface area contributed by atoms with Crippen LogP contribution < -0.4 is 14.4 Å². The molecule has 1 fully saturated rings. The molecule has 1 heterocycles.